The number of alkyl halides is 1. The fraction of sp³-hybridized carbons (Fsp3) is 0.500. The van der Waals surface area contributed by atoms with Gasteiger partial charge >= 0.3 is 5.97 Å². The minimum atomic E-state index is -0.567. The topological polar surface area (TPSA) is 48.3 Å². The van der Waals surface area contributed by atoms with E-state index in [9.17, 15) is 14.0 Å². The van der Waals surface area contributed by atoms with E-state index in [-0.39, 0.29) is 5.69 Å². The molecule has 1 aromatic rings. The van der Waals surface area contributed by atoms with Crippen LogP contribution in [0.25, 0.3) is 0 Å². The fourth-order valence-electron chi connectivity index (χ4n) is 1.85. The molecule has 0 spiro atoms. The predicted molar refractivity (Wildman–Crippen MR) is 61.2 cm³/mol. The van der Waals surface area contributed by atoms with Gasteiger partial charge in [-0.1, -0.05) is 0 Å². The summed E-state index contributed by atoms with van der Waals surface area (Å²) in [6.07, 6.45) is 0.942. The minimum absolute atomic E-state index is 0.214. The van der Waals surface area contributed by atoms with Gasteiger partial charge in [0, 0.05) is 12.2 Å². The monoisotopic (exact) mass is 241 g/mol. The van der Waals surface area contributed by atoms with Gasteiger partial charge in [0.2, 0.25) is 0 Å². The number of carbonyl (C=O) groups excluding carboxylic acids is 2. The molecular formula is C12H16FNO3. The van der Waals surface area contributed by atoms with E-state index in [1.54, 1.807) is 18.4 Å². The van der Waals surface area contributed by atoms with Gasteiger partial charge in [0.05, 0.1) is 19.3 Å². The molecule has 0 radical (unpaired) electrons. The smallest absolute Gasteiger partial charge is 0.355 e. The van der Waals surface area contributed by atoms with Gasteiger partial charge in [0.15, 0.2) is 6.29 Å². The van der Waals surface area contributed by atoms with Crippen LogP contribution >= 0.6 is 0 Å². The van der Waals surface area contributed by atoms with Crippen LogP contribution in [-0.2, 0) is 11.3 Å². The van der Waals surface area contributed by atoms with Gasteiger partial charge in [0.25, 0.3) is 0 Å². The average Bonchev–Trinajstić information content (AvgIpc) is 2.58. The van der Waals surface area contributed by atoms with Gasteiger partial charge in [-0.15, -0.1) is 0 Å². The Balaban J connectivity index is 3.34. The van der Waals surface area contributed by atoms with Crippen LogP contribution < -0.4 is 0 Å². The van der Waals surface area contributed by atoms with Crippen molar-refractivity contribution in [1.82, 2.24) is 4.57 Å². The van der Waals surface area contributed by atoms with Crippen molar-refractivity contribution in [3.8, 4) is 0 Å². The number of methoxy groups -OCH3 is 1. The Morgan fingerprint density at radius 3 is 2.59 bits per heavy atom. The van der Waals surface area contributed by atoms with E-state index >= 15 is 0 Å². The molecule has 0 aromatic carbocycles. The van der Waals surface area contributed by atoms with E-state index in [0.29, 0.717) is 24.8 Å². The first kappa shape index (κ1) is 13.4. The lowest BCUT2D eigenvalue weighted by molar-refractivity contribution is 0.0585. The molecule has 0 saturated heterocycles. The highest BCUT2D eigenvalue weighted by Gasteiger charge is 2.23. The largest absolute Gasteiger partial charge is 0.464 e. The summed E-state index contributed by atoms with van der Waals surface area (Å²) in [5.74, 6) is -0.567. The molecule has 4 nitrogen and oxygen atoms in total. The summed E-state index contributed by atoms with van der Waals surface area (Å²) < 4.78 is 18.5. The molecule has 0 bridgehead atoms. The average molecular weight is 241 g/mol. The van der Waals surface area contributed by atoms with Crippen LogP contribution in [0.4, 0.5) is 4.39 Å². The lowest BCUT2D eigenvalue weighted by atomic mass is 10.1. The molecule has 0 saturated carbocycles. The molecule has 0 N–H and O–H groups in total. The molecule has 1 rings (SSSR count). The summed E-state index contributed by atoms with van der Waals surface area (Å²) in [5.41, 5.74) is 2.07. The van der Waals surface area contributed by atoms with E-state index in [2.05, 4.69) is 4.74 Å². The van der Waals surface area contributed by atoms with E-state index in [0.717, 1.165) is 11.3 Å². The molecule has 0 unspecified atom stereocenters. The van der Waals surface area contributed by atoms with Crippen LogP contribution in [0.5, 0.6) is 0 Å². The van der Waals surface area contributed by atoms with Gasteiger partial charge in [-0.3, -0.25) is 9.18 Å². The number of hydrogen-bond donors (Lipinski definition) is 0. The SMILES string of the molecule is COC(=O)c1c(C=O)c(C)c(C)n1CCCF. The van der Waals surface area contributed by atoms with Crippen molar-refractivity contribution in [2.24, 2.45) is 0 Å². The highest BCUT2D eigenvalue weighted by molar-refractivity contribution is 5.98. The number of nitrogens with zero attached hydrogens (tertiary/aromatic N) is 1. The van der Waals surface area contributed by atoms with Gasteiger partial charge in [-0.25, -0.2) is 4.79 Å². The lowest BCUT2D eigenvalue weighted by Crippen LogP contribution is -2.14. The Morgan fingerprint density at radius 2 is 2.12 bits per heavy atom. The molecule has 0 atom stereocenters. The molecule has 0 fully saturated rings. The van der Waals surface area contributed by atoms with Gasteiger partial charge in [-0.05, 0) is 25.8 Å². The zero-order chi connectivity index (χ0) is 13.0. The Hall–Kier alpha value is -1.65. The van der Waals surface area contributed by atoms with E-state index in [1.165, 1.54) is 7.11 Å². The third-order valence-corrected chi connectivity index (χ3v) is 2.89. The van der Waals surface area contributed by atoms with Crippen LogP contribution in [0.15, 0.2) is 0 Å². The third-order valence-electron chi connectivity index (χ3n) is 2.89. The molecular weight excluding hydrogens is 225 g/mol. The van der Waals surface area contributed by atoms with Crippen LogP contribution in [0.1, 0.15) is 38.5 Å². The minimum Gasteiger partial charge on any atom is -0.464 e. The zero-order valence-electron chi connectivity index (χ0n) is 10.2. The van der Waals surface area contributed by atoms with E-state index in [1.807, 2.05) is 0 Å². The summed E-state index contributed by atoms with van der Waals surface area (Å²) in [7, 11) is 1.26. The summed E-state index contributed by atoms with van der Waals surface area (Å²) in [5, 5.41) is 0. The summed E-state index contributed by atoms with van der Waals surface area (Å²) in [6.45, 7) is 3.46. The molecule has 1 aromatic heterocycles. The second kappa shape index (κ2) is 5.61. The number of halogens is 1. The first-order valence-corrected chi connectivity index (χ1v) is 5.37. The number of aromatic nitrogens is 1. The number of carbonyl (C=O) groups is 2. The summed E-state index contributed by atoms with van der Waals surface area (Å²) in [6, 6.07) is 0. The summed E-state index contributed by atoms with van der Waals surface area (Å²) in [4.78, 5) is 22.7. The van der Waals surface area contributed by atoms with Crippen LogP contribution in [0.2, 0.25) is 0 Å². The third kappa shape index (κ3) is 2.38. The van der Waals surface area contributed by atoms with Crippen LogP contribution in [0, 0.1) is 13.8 Å². The van der Waals surface area contributed by atoms with Crippen molar-refractivity contribution in [3.63, 3.8) is 0 Å². The Labute approximate surface area is 99.4 Å². The maximum absolute atomic E-state index is 12.2. The highest BCUT2D eigenvalue weighted by atomic mass is 19.1. The standard InChI is InChI=1S/C12H16FNO3/c1-8-9(2)14(6-4-5-13)11(10(8)7-15)12(16)17-3/h7H,4-6H2,1-3H3. The van der Waals surface area contributed by atoms with Crippen LogP contribution in [-0.4, -0.2) is 30.6 Å². The molecule has 0 aliphatic rings. The van der Waals surface area contributed by atoms with E-state index < -0.39 is 12.6 Å². The van der Waals surface area contributed by atoms with Crippen molar-refractivity contribution in [2.75, 3.05) is 13.8 Å². The fourth-order valence-corrected chi connectivity index (χ4v) is 1.85. The van der Waals surface area contributed by atoms with Gasteiger partial charge < -0.3 is 9.30 Å². The summed E-state index contributed by atoms with van der Waals surface area (Å²) >= 11 is 0. The second-order valence-electron chi connectivity index (χ2n) is 3.78. The number of ether oxygens (including phenoxy) is 1. The predicted octanol–water partition coefficient (Wildman–Crippen LogP) is 2.06. The maximum atomic E-state index is 12.2. The normalized spacial score (nSPS) is 10.4. The van der Waals surface area contributed by atoms with E-state index in [4.69, 9.17) is 0 Å². The van der Waals surface area contributed by atoms with Gasteiger partial charge in [-0.2, -0.15) is 0 Å². The number of rotatable bonds is 5. The van der Waals surface area contributed by atoms with Gasteiger partial charge in [0.1, 0.15) is 5.69 Å². The van der Waals surface area contributed by atoms with Crippen molar-refractivity contribution in [2.45, 2.75) is 26.8 Å². The maximum Gasteiger partial charge on any atom is 0.355 e. The number of esters is 1. The van der Waals surface area contributed by atoms with Crippen molar-refractivity contribution < 1.29 is 18.7 Å². The van der Waals surface area contributed by atoms with Crippen LogP contribution in [0.3, 0.4) is 0 Å². The first-order chi connectivity index (χ1) is 8.08. The zero-order valence-corrected chi connectivity index (χ0v) is 10.2. The molecule has 17 heavy (non-hydrogen) atoms. The Kier molecular flexibility index (Phi) is 4.43. The van der Waals surface area contributed by atoms with Crippen molar-refractivity contribution in [1.29, 1.82) is 0 Å². The number of aldehydes is 1. The molecule has 5 heteroatoms. The lowest BCUT2D eigenvalue weighted by Gasteiger charge is -2.09. The quantitative estimate of drug-likeness (QED) is 0.585. The molecule has 94 valence electrons. The molecule has 0 aliphatic carbocycles. The second-order valence-corrected chi connectivity index (χ2v) is 3.78. The van der Waals surface area contributed by atoms with Crippen molar-refractivity contribution >= 4 is 12.3 Å². The molecule has 0 aliphatic heterocycles. The molecule has 1 heterocycles. The van der Waals surface area contributed by atoms with Crippen molar-refractivity contribution in [3.05, 3.63) is 22.5 Å². The molecule has 0 amide bonds. The Bertz CT molecular complexity index is 437. The Morgan fingerprint density at radius 1 is 1.47 bits per heavy atom. The number of hydrogen-bond acceptors (Lipinski definition) is 3. The first-order valence-electron chi connectivity index (χ1n) is 5.37. The highest BCUT2D eigenvalue weighted by Crippen LogP contribution is 2.21.